The van der Waals surface area contributed by atoms with Crippen LogP contribution in [0.3, 0.4) is 0 Å². The number of rotatable bonds is 3. The Balaban J connectivity index is 1.59. The first-order chi connectivity index (χ1) is 14.8. The van der Waals surface area contributed by atoms with Gasteiger partial charge in [0, 0.05) is 25.0 Å². The molecule has 10 heteroatoms. The largest absolute Gasteiger partial charge is 0.492 e. The first kappa shape index (κ1) is 21.4. The number of amides is 1. The molecule has 0 unspecified atom stereocenters. The molecule has 1 aromatic carbocycles. The van der Waals surface area contributed by atoms with E-state index < -0.39 is 15.4 Å². The van der Waals surface area contributed by atoms with E-state index in [4.69, 9.17) is 4.74 Å². The number of carbonyl (C=O) groups excluding carboxylic acids is 2. The van der Waals surface area contributed by atoms with Gasteiger partial charge in [-0.05, 0) is 38.0 Å². The number of carbonyl (C=O) groups is 2. The van der Waals surface area contributed by atoms with Crippen molar-refractivity contribution in [3.63, 3.8) is 0 Å². The lowest BCUT2D eigenvalue weighted by atomic mass is 9.78. The van der Waals surface area contributed by atoms with Crippen LogP contribution in [-0.4, -0.2) is 72.3 Å². The molecule has 2 aliphatic rings. The standard InChI is InChI=1S/C21H24N4O5S/c1-16(26)13-25-14-21(15-30-18-4-2-3-5-19(18)31(25,28)29)7-10-24(11-8-21)20(27)17-6-9-22-23-12-17/h2-6,9,12H,7-8,10-11,13-15H2,1H3. The minimum absolute atomic E-state index is 0.0731. The number of fused-ring (bicyclic) bond motifs is 1. The third-order valence-electron chi connectivity index (χ3n) is 5.85. The first-order valence-electron chi connectivity index (χ1n) is 10.1. The Morgan fingerprint density at radius 2 is 1.87 bits per heavy atom. The molecule has 4 rings (SSSR count). The zero-order valence-corrected chi connectivity index (χ0v) is 18.0. The zero-order valence-electron chi connectivity index (χ0n) is 17.2. The summed E-state index contributed by atoms with van der Waals surface area (Å²) < 4.78 is 33.9. The predicted molar refractivity (Wildman–Crippen MR) is 111 cm³/mol. The molecule has 0 aliphatic carbocycles. The number of sulfonamides is 1. The average molecular weight is 445 g/mol. The van der Waals surface area contributed by atoms with E-state index in [2.05, 4.69) is 10.2 Å². The topological polar surface area (TPSA) is 110 Å². The van der Waals surface area contributed by atoms with Gasteiger partial charge in [-0.15, -0.1) is 0 Å². The van der Waals surface area contributed by atoms with Crippen molar-refractivity contribution in [3.8, 4) is 5.75 Å². The third-order valence-corrected chi connectivity index (χ3v) is 7.69. The van der Waals surface area contributed by atoms with E-state index in [1.807, 2.05) is 0 Å². The molecule has 9 nitrogen and oxygen atoms in total. The van der Waals surface area contributed by atoms with Crippen LogP contribution in [-0.2, 0) is 14.8 Å². The number of Topliss-reactive ketones (excluding diaryl/α,β-unsaturated/α-hetero) is 1. The van der Waals surface area contributed by atoms with Crippen molar-refractivity contribution in [1.29, 1.82) is 0 Å². The van der Waals surface area contributed by atoms with Crippen LogP contribution in [0.25, 0.3) is 0 Å². The predicted octanol–water partition coefficient (Wildman–Crippen LogP) is 1.37. The molecular formula is C21H24N4O5S. The second-order valence-electron chi connectivity index (χ2n) is 8.13. The van der Waals surface area contributed by atoms with E-state index in [-0.39, 0.29) is 35.4 Å². The highest BCUT2D eigenvalue weighted by Crippen LogP contribution is 2.39. The lowest BCUT2D eigenvalue weighted by Gasteiger charge is -2.44. The van der Waals surface area contributed by atoms with E-state index in [0.29, 0.717) is 38.1 Å². The van der Waals surface area contributed by atoms with Gasteiger partial charge in [0.2, 0.25) is 10.0 Å². The van der Waals surface area contributed by atoms with Crippen LogP contribution in [0.4, 0.5) is 0 Å². The number of nitrogens with zero attached hydrogens (tertiary/aromatic N) is 4. The van der Waals surface area contributed by atoms with E-state index >= 15 is 0 Å². The Morgan fingerprint density at radius 1 is 1.13 bits per heavy atom. The monoisotopic (exact) mass is 444 g/mol. The molecule has 0 N–H and O–H groups in total. The maximum atomic E-state index is 13.3. The fourth-order valence-corrected chi connectivity index (χ4v) is 5.84. The van der Waals surface area contributed by atoms with Gasteiger partial charge in [-0.3, -0.25) is 9.59 Å². The van der Waals surface area contributed by atoms with Gasteiger partial charge in [0.25, 0.3) is 5.91 Å². The molecule has 2 aliphatic heterocycles. The summed E-state index contributed by atoms with van der Waals surface area (Å²) in [6.45, 7) is 2.59. The van der Waals surface area contributed by atoms with Gasteiger partial charge in [-0.25, -0.2) is 8.42 Å². The molecule has 164 valence electrons. The highest BCUT2D eigenvalue weighted by atomic mass is 32.2. The van der Waals surface area contributed by atoms with Crippen molar-refractivity contribution in [2.75, 3.05) is 32.8 Å². The van der Waals surface area contributed by atoms with E-state index in [0.717, 1.165) is 0 Å². The molecular weight excluding hydrogens is 420 g/mol. The summed E-state index contributed by atoms with van der Waals surface area (Å²) in [6, 6.07) is 8.12. The lowest BCUT2D eigenvalue weighted by Crippen LogP contribution is -2.53. The Morgan fingerprint density at radius 3 is 2.55 bits per heavy atom. The Labute approximate surface area is 181 Å². The van der Waals surface area contributed by atoms with Crippen molar-refractivity contribution in [3.05, 3.63) is 48.3 Å². The van der Waals surface area contributed by atoms with Crippen LogP contribution in [0.2, 0.25) is 0 Å². The van der Waals surface area contributed by atoms with Gasteiger partial charge < -0.3 is 9.64 Å². The fraction of sp³-hybridized carbons (Fsp3) is 0.429. The molecule has 0 saturated carbocycles. The SMILES string of the molecule is CC(=O)CN1CC2(CCN(C(=O)c3ccnnc3)CC2)COc2ccccc2S1(=O)=O. The summed E-state index contributed by atoms with van der Waals surface area (Å²) in [7, 11) is -3.89. The molecule has 1 amide bonds. The minimum Gasteiger partial charge on any atom is -0.492 e. The van der Waals surface area contributed by atoms with Crippen LogP contribution in [0.1, 0.15) is 30.1 Å². The van der Waals surface area contributed by atoms with Crippen molar-refractivity contribution in [2.45, 2.75) is 24.7 Å². The van der Waals surface area contributed by atoms with E-state index in [1.165, 1.54) is 29.7 Å². The number of ether oxygens (including phenoxy) is 1. The zero-order chi connectivity index (χ0) is 22.1. The number of likely N-dealkylation sites (tertiary alicyclic amines) is 1. The number of aromatic nitrogens is 2. The van der Waals surface area contributed by atoms with E-state index in [9.17, 15) is 18.0 Å². The molecule has 1 aromatic heterocycles. The van der Waals surface area contributed by atoms with Crippen LogP contribution < -0.4 is 4.74 Å². The molecule has 2 aromatic rings. The van der Waals surface area contributed by atoms with Gasteiger partial charge >= 0.3 is 0 Å². The van der Waals surface area contributed by atoms with Crippen molar-refractivity contribution < 1.29 is 22.7 Å². The molecule has 1 spiro atoms. The number of piperidine rings is 1. The van der Waals surface area contributed by atoms with Crippen LogP contribution in [0.5, 0.6) is 5.75 Å². The fourth-order valence-electron chi connectivity index (χ4n) is 4.13. The molecule has 0 atom stereocenters. The maximum Gasteiger partial charge on any atom is 0.255 e. The van der Waals surface area contributed by atoms with Crippen LogP contribution in [0.15, 0.2) is 47.6 Å². The molecule has 0 bridgehead atoms. The van der Waals surface area contributed by atoms with Crippen molar-refractivity contribution >= 4 is 21.7 Å². The summed E-state index contributed by atoms with van der Waals surface area (Å²) in [6.07, 6.45) is 4.03. The summed E-state index contributed by atoms with van der Waals surface area (Å²) >= 11 is 0. The number of para-hydroxylation sites is 1. The second-order valence-corrected chi connectivity index (χ2v) is 10.0. The van der Waals surface area contributed by atoms with Gasteiger partial charge in [0.15, 0.2) is 0 Å². The van der Waals surface area contributed by atoms with Gasteiger partial charge in [0.05, 0.1) is 31.1 Å². The highest BCUT2D eigenvalue weighted by molar-refractivity contribution is 7.89. The Hall–Kier alpha value is -2.85. The summed E-state index contributed by atoms with van der Waals surface area (Å²) in [4.78, 5) is 26.4. The number of hydrogen-bond acceptors (Lipinski definition) is 7. The summed E-state index contributed by atoms with van der Waals surface area (Å²) in [5.74, 6) is -0.0675. The van der Waals surface area contributed by atoms with Gasteiger partial charge in [-0.1, -0.05) is 12.1 Å². The Bertz CT molecular complexity index is 1080. The summed E-state index contributed by atoms with van der Waals surface area (Å²) in [5.41, 5.74) is -0.0295. The average Bonchev–Trinajstić information content (AvgIpc) is 2.77. The van der Waals surface area contributed by atoms with Gasteiger partial charge in [-0.2, -0.15) is 14.5 Å². The molecule has 3 heterocycles. The van der Waals surface area contributed by atoms with Crippen molar-refractivity contribution in [2.24, 2.45) is 5.41 Å². The highest BCUT2D eigenvalue weighted by Gasteiger charge is 2.43. The maximum absolute atomic E-state index is 13.3. The Kier molecular flexibility index (Phi) is 5.76. The van der Waals surface area contributed by atoms with Crippen LogP contribution >= 0.6 is 0 Å². The third kappa shape index (κ3) is 4.31. The molecule has 1 fully saturated rings. The smallest absolute Gasteiger partial charge is 0.255 e. The number of hydrogen-bond donors (Lipinski definition) is 0. The van der Waals surface area contributed by atoms with Crippen molar-refractivity contribution in [1.82, 2.24) is 19.4 Å². The molecule has 0 radical (unpaired) electrons. The van der Waals surface area contributed by atoms with Crippen LogP contribution in [0, 0.1) is 5.41 Å². The van der Waals surface area contributed by atoms with Gasteiger partial charge in [0.1, 0.15) is 16.4 Å². The quantitative estimate of drug-likeness (QED) is 0.703. The minimum atomic E-state index is -3.89. The molecule has 1 saturated heterocycles. The number of ketones is 1. The second kappa shape index (κ2) is 8.35. The van der Waals surface area contributed by atoms with E-state index in [1.54, 1.807) is 29.2 Å². The normalized spacial score (nSPS) is 20.2. The first-order valence-corrected chi connectivity index (χ1v) is 11.5. The lowest BCUT2D eigenvalue weighted by molar-refractivity contribution is -0.117. The summed E-state index contributed by atoms with van der Waals surface area (Å²) in [5, 5.41) is 7.46. The molecule has 31 heavy (non-hydrogen) atoms. The number of benzene rings is 1.